The summed E-state index contributed by atoms with van der Waals surface area (Å²) >= 11 is 0. The first kappa shape index (κ1) is 17.3. The standard InChI is InChI=1S/C20H39N/c1-5-20(3,4)19-11-9-18(10-12-19)15-17(2)16-21-13-7-6-8-14-21/h17-19H,5-16H2,1-4H3. The Bertz CT molecular complexity index is 282. The summed E-state index contributed by atoms with van der Waals surface area (Å²) < 4.78 is 0. The second kappa shape index (κ2) is 7.99. The van der Waals surface area contributed by atoms with Crippen molar-refractivity contribution >= 4 is 0 Å². The van der Waals surface area contributed by atoms with Crippen LogP contribution in [-0.4, -0.2) is 24.5 Å². The van der Waals surface area contributed by atoms with Crippen LogP contribution in [-0.2, 0) is 0 Å². The zero-order valence-corrected chi connectivity index (χ0v) is 15.2. The van der Waals surface area contributed by atoms with Crippen molar-refractivity contribution in [2.45, 2.75) is 85.5 Å². The molecule has 0 radical (unpaired) electrons. The molecule has 1 saturated carbocycles. The summed E-state index contributed by atoms with van der Waals surface area (Å²) in [6, 6.07) is 0. The van der Waals surface area contributed by atoms with Crippen molar-refractivity contribution in [1.82, 2.24) is 4.90 Å². The van der Waals surface area contributed by atoms with Crippen molar-refractivity contribution in [1.29, 1.82) is 0 Å². The maximum atomic E-state index is 2.72. The van der Waals surface area contributed by atoms with Gasteiger partial charge < -0.3 is 4.90 Å². The second-order valence-electron chi connectivity index (χ2n) is 8.76. The Labute approximate surface area is 133 Å². The lowest BCUT2D eigenvalue weighted by molar-refractivity contribution is 0.114. The van der Waals surface area contributed by atoms with Crippen molar-refractivity contribution in [3.05, 3.63) is 0 Å². The maximum absolute atomic E-state index is 2.72. The van der Waals surface area contributed by atoms with Crippen LogP contribution in [0.25, 0.3) is 0 Å². The Morgan fingerprint density at radius 1 is 1.00 bits per heavy atom. The van der Waals surface area contributed by atoms with Gasteiger partial charge >= 0.3 is 0 Å². The van der Waals surface area contributed by atoms with Gasteiger partial charge in [-0.1, -0.05) is 53.4 Å². The molecule has 1 saturated heterocycles. The quantitative estimate of drug-likeness (QED) is 0.603. The minimum absolute atomic E-state index is 0.574. The van der Waals surface area contributed by atoms with E-state index in [2.05, 4.69) is 32.6 Å². The zero-order chi connectivity index (χ0) is 15.3. The molecule has 21 heavy (non-hydrogen) atoms. The summed E-state index contributed by atoms with van der Waals surface area (Å²) in [5.74, 6) is 2.91. The van der Waals surface area contributed by atoms with E-state index in [1.54, 1.807) is 0 Å². The van der Waals surface area contributed by atoms with E-state index < -0.39 is 0 Å². The van der Waals surface area contributed by atoms with Gasteiger partial charge in [-0.2, -0.15) is 0 Å². The normalized spacial score (nSPS) is 30.3. The van der Waals surface area contributed by atoms with Crippen LogP contribution in [0.15, 0.2) is 0 Å². The molecule has 0 amide bonds. The van der Waals surface area contributed by atoms with E-state index in [9.17, 15) is 0 Å². The molecule has 1 heteroatoms. The minimum Gasteiger partial charge on any atom is -0.303 e. The number of piperidine rings is 1. The van der Waals surface area contributed by atoms with Crippen LogP contribution in [0.4, 0.5) is 0 Å². The van der Waals surface area contributed by atoms with E-state index in [0.717, 1.165) is 17.8 Å². The molecule has 0 bridgehead atoms. The Hall–Kier alpha value is -0.0400. The third-order valence-electron chi connectivity index (χ3n) is 6.62. The number of hydrogen-bond acceptors (Lipinski definition) is 1. The van der Waals surface area contributed by atoms with Gasteiger partial charge in [0, 0.05) is 6.54 Å². The number of likely N-dealkylation sites (tertiary alicyclic amines) is 1. The highest BCUT2D eigenvalue weighted by Gasteiger charge is 2.32. The molecule has 124 valence electrons. The molecule has 0 spiro atoms. The van der Waals surface area contributed by atoms with E-state index in [1.165, 1.54) is 77.4 Å². The molecule has 1 atom stereocenters. The Morgan fingerprint density at radius 2 is 1.62 bits per heavy atom. The summed E-state index contributed by atoms with van der Waals surface area (Å²) in [4.78, 5) is 2.72. The van der Waals surface area contributed by atoms with Gasteiger partial charge in [0.1, 0.15) is 0 Å². The predicted octanol–water partition coefficient (Wildman–Crippen LogP) is 5.74. The van der Waals surface area contributed by atoms with Gasteiger partial charge in [0.15, 0.2) is 0 Å². The van der Waals surface area contributed by atoms with Gasteiger partial charge in [0.05, 0.1) is 0 Å². The van der Waals surface area contributed by atoms with E-state index in [4.69, 9.17) is 0 Å². The largest absolute Gasteiger partial charge is 0.303 e. The minimum atomic E-state index is 0.574. The van der Waals surface area contributed by atoms with Crippen LogP contribution >= 0.6 is 0 Å². The lowest BCUT2D eigenvalue weighted by Gasteiger charge is -2.39. The van der Waals surface area contributed by atoms with Gasteiger partial charge in [-0.15, -0.1) is 0 Å². The summed E-state index contributed by atoms with van der Waals surface area (Å²) in [7, 11) is 0. The molecule has 2 rings (SSSR count). The second-order valence-corrected chi connectivity index (χ2v) is 8.76. The number of nitrogens with zero attached hydrogens (tertiary/aromatic N) is 1. The number of rotatable bonds is 6. The topological polar surface area (TPSA) is 3.24 Å². The van der Waals surface area contributed by atoms with Gasteiger partial charge in [-0.3, -0.25) is 0 Å². The van der Waals surface area contributed by atoms with E-state index >= 15 is 0 Å². The third-order valence-corrected chi connectivity index (χ3v) is 6.62. The predicted molar refractivity (Wildman–Crippen MR) is 93.6 cm³/mol. The van der Waals surface area contributed by atoms with Crippen LogP contribution in [0.5, 0.6) is 0 Å². The summed E-state index contributed by atoms with van der Waals surface area (Å²) in [5, 5.41) is 0. The summed E-state index contributed by atoms with van der Waals surface area (Å²) in [5.41, 5.74) is 0.574. The van der Waals surface area contributed by atoms with Crippen molar-refractivity contribution < 1.29 is 0 Å². The van der Waals surface area contributed by atoms with Crippen LogP contribution < -0.4 is 0 Å². The average Bonchev–Trinajstić information content (AvgIpc) is 2.48. The summed E-state index contributed by atoms with van der Waals surface area (Å²) in [6.07, 6.45) is 13.1. The molecule has 0 N–H and O–H groups in total. The highest BCUT2D eigenvalue weighted by molar-refractivity contribution is 4.83. The van der Waals surface area contributed by atoms with Gasteiger partial charge in [0.2, 0.25) is 0 Å². The molecule has 2 aliphatic rings. The van der Waals surface area contributed by atoms with E-state index in [-0.39, 0.29) is 0 Å². The Morgan fingerprint density at radius 3 is 2.19 bits per heavy atom. The van der Waals surface area contributed by atoms with E-state index in [1.807, 2.05) is 0 Å². The molecule has 0 aromatic rings. The van der Waals surface area contributed by atoms with Crippen molar-refractivity contribution in [2.75, 3.05) is 19.6 Å². The maximum Gasteiger partial charge on any atom is 0.000712 e. The van der Waals surface area contributed by atoms with Crippen LogP contribution in [0.3, 0.4) is 0 Å². The smallest absolute Gasteiger partial charge is 0.000712 e. The fourth-order valence-corrected chi connectivity index (χ4v) is 4.69. The van der Waals surface area contributed by atoms with Gasteiger partial charge in [-0.05, 0) is 68.4 Å². The van der Waals surface area contributed by atoms with Gasteiger partial charge in [0.25, 0.3) is 0 Å². The van der Waals surface area contributed by atoms with Gasteiger partial charge in [-0.25, -0.2) is 0 Å². The Kier molecular flexibility index (Phi) is 6.59. The van der Waals surface area contributed by atoms with Crippen LogP contribution in [0, 0.1) is 23.2 Å². The average molecular weight is 294 g/mol. The lowest BCUT2D eigenvalue weighted by Crippen LogP contribution is -2.34. The fraction of sp³-hybridized carbons (Fsp3) is 1.00. The van der Waals surface area contributed by atoms with Crippen LogP contribution in [0.1, 0.15) is 85.5 Å². The van der Waals surface area contributed by atoms with Crippen molar-refractivity contribution in [3.8, 4) is 0 Å². The molecule has 0 aromatic carbocycles. The third kappa shape index (κ3) is 5.27. The summed E-state index contributed by atoms with van der Waals surface area (Å²) in [6.45, 7) is 13.9. The highest BCUT2D eigenvalue weighted by Crippen LogP contribution is 2.43. The SMILES string of the molecule is CCC(C)(C)C1CCC(CC(C)CN2CCCCC2)CC1. The molecule has 1 nitrogen and oxygen atoms in total. The molecular formula is C20H39N. The molecule has 1 heterocycles. The first-order valence-electron chi connectivity index (χ1n) is 9.73. The first-order chi connectivity index (χ1) is 10.0. The molecular weight excluding hydrogens is 254 g/mol. The lowest BCUT2D eigenvalue weighted by atomic mass is 9.66. The number of hydrogen-bond donors (Lipinski definition) is 0. The van der Waals surface area contributed by atoms with Crippen molar-refractivity contribution in [3.63, 3.8) is 0 Å². The van der Waals surface area contributed by atoms with E-state index in [0.29, 0.717) is 5.41 Å². The molecule has 1 aliphatic carbocycles. The van der Waals surface area contributed by atoms with Crippen LogP contribution in [0.2, 0.25) is 0 Å². The Balaban J connectivity index is 1.68. The molecule has 1 unspecified atom stereocenters. The highest BCUT2D eigenvalue weighted by atomic mass is 15.1. The zero-order valence-electron chi connectivity index (χ0n) is 15.2. The fourth-order valence-electron chi connectivity index (χ4n) is 4.69. The molecule has 2 fully saturated rings. The molecule has 0 aromatic heterocycles. The monoisotopic (exact) mass is 293 g/mol. The first-order valence-corrected chi connectivity index (χ1v) is 9.73. The molecule has 1 aliphatic heterocycles. The van der Waals surface area contributed by atoms with Crippen molar-refractivity contribution in [2.24, 2.45) is 23.2 Å².